The first kappa shape index (κ1) is 14.5. The Balaban J connectivity index is 2.12. The highest BCUT2D eigenvalue weighted by Gasteiger charge is 2.32. The maximum Gasteiger partial charge on any atom is 0.390 e. The molecule has 0 aromatic carbocycles. The van der Waals surface area contributed by atoms with Gasteiger partial charge in [-0.1, -0.05) is 0 Å². The van der Waals surface area contributed by atoms with Crippen molar-refractivity contribution < 1.29 is 13.2 Å². The Morgan fingerprint density at radius 3 is 2.70 bits per heavy atom. The van der Waals surface area contributed by atoms with Crippen LogP contribution in [0.4, 0.5) is 24.8 Å². The van der Waals surface area contributed by atoms with Crippen LogP contribution in [-0.2, 0) is 0 Å². The van der Waals surface area contributed by atoms with Gasteiger partial charge in [0, 0.05) is 6.54 Å². The van der Waals surface area contributed by atoms with Gasteiger partial charge in [-0.25, -0.2) is 4.68 Å². The average Bonchev–Trinajstić information content (AvgIpc) is 3.13. The summed E-state index contributed by atoms with van der Waals surface area (Å²) >= 11 is 0. The van der Waals surface area contributed by atoms with Gasteiger partial charge in [0.1, 0.15) is 17.5 Å². The van der Waals surface area contributed by atoms with Crippen molar-refractivity contribution in [2.24, 2.45) is 5.92 Å². The summed E-state index contributed by atoms with van der Waals surface area (Å²) in [5.74, 6) is 0.815. The summed E-state index contributed by atoms with van der Waals surface area (Å²) < 4.78 is 37.9. The van der Waals surface area contributed by atoms with Crippen LogP contribution < -0.4 is 11.1 Å². The van der Waals surface area contributed by atoms with Crippen molar-refractivity contribution >= 4 is 11.6 Å². The molecule has 0 aliphatic heterocycles. The molecule has 20 heavy (non-hydrogen) atoms. The smallest absolute Gasteiger partial charge is 0.383 e. The van der Waals surface area contributed by atoms with Gasteiger partial charge in [0.05, 0.1) is 12.5 Å². The van der Waals surface area contributed by atoms with Crippen LogP contribution in [0.3, 0.4) is 0 Å². The summed E-state index contributed by atoms with van der Waals surface area (Å²) in [5.41, 5.74) is 5.97. The van der Waals surface area contributed by atoms with Crippen LogP contribution in [0.25, 0.3) is 0 Å². The number of anilines is 2. The summed E-state index contributed by atoms with van der Waals surface area (Å²) in [6.45, 7) is 1.62. The van der Waals surface area contributed by atoms with Gasteiger partial charge in [-0.3, -0.25) is 0 Å². The number of rotatable bonds is 5. The normalized spacial score (nSPS) is 16.8. The van der Waals surface area contributed by atoms with E-state index in [9.17, 15) is 13.2 Å². The minimum Gasteiger partial charge on any atom is -0.383 e. The van der Waals surface area contributed by atoms with E-state index in [2.05, 4.69) is 10.4 Å². The molecule has 1 atom stereocenters. The van der Waals surface area contributed by atoms with E-state index in [4.69, 9.17) is 11.0 Å². The highest BCUT2D eigenvalue weighted by atomic mass is 19.4. The van der Waals surface area contributed by atoms with Crippen molar-refractivity contribution in [3.63, 3.8) is 0 Å². The molecule has 1 aliphatic carbocycles. The third-order valence-electron chi connectivity index (χ3n) is 3.45. The first-order chi connectivity index (χ1) is 9.33. The van der Waals surface area contributed by atoms with Gasteiger partial charge in [0.15, 0.2) is 5.82 Å². The summed E-state index contributed by atoms with van der Waals surface area (Å²) in [6.07, 6.45) is -3.06. The lowest BCUT2D eigenvalue weighted by molar-refractivity contribution is -0.131. The zero-order valence-electron chi connectivity index (χ0n) is 11.0. The number of aromatic nitrogens is 2. The molecule has 1 unspecified atom stereocenters. The molecular weight excluding hydrogens is 271 g/mol. The Labute approximate surface area is 114 Å². The summed E-state index contributed by atoms with van der Waals surface area (Å²) in [4.78, 5) is 0. The van der Waals surface area contributed by atoms with Crippen LogP contribution >= 0.6 is 0 Å². The van der Waals surface area contributed by atoms with Crippen molar-refractivity contribution in [2.45, 2.75) is 38.4 Å². The van der Waals surface area contributed by atoms with E-state index in [1.165, 1.54) is 4.68 Å². The van der Waals surface area contributed by atoms with Gasteiger partial charge in [-0.15, -0.1) is 0 Å². The molecule has 1 aromatic heterocycles. The molecule has 110 valence electrons. The molecule has 1 aliphatic rings. The Morgan fingerprint density at radius 2 is 2.20 bits per heavy atom. The van der Waals surface area contributed by atoms with Crippen molar-refractivity contribution in [3.8, 4) is 6.07 Å². The minimum atomic E-state index is -4.24. The first-order valence-corrected chi connectivity index (χ1v) is 6.42. The van der Waals surface area contributed by atoms with Crippen molar-refractivity contribution in [1.29, 1.82) is 5.26 Å². The quantitative estimate of drug-likeness (QED) is 0.872. The predicted octanol–water partition coefficient (Wildman–Crippen LogP) is 2.67. The number of halogens is 3. The van der Waals surface area contributed by atoms with Gasteiger partial charge in [-0.05, 0) is 25.7 Å². The standard InChI is InChI=1S/C12H16F3N5/c1-7(8-2-3-8)20-10(17)9(6-16)11(19-20)18-5-4-12(13,14)15/h7-8H,2-5,17H2,1H3,(H,18,19). The molecule has 0 saturated heterocycles. The van der Waals surface area contributed by atoms with Crippen LogP contribution in [-0.4, -0.2) is 22.5 Å². The van der Waals surface area contributed by atoms with E-state index in [-0.39, 0.29) is 29.8 Å². The number of hydrogen-bond acceptors (Lipinski definition) is 4. The Morgan fingerprint density at radius 1 is 1.55 bits per heavy atom. The molecule has 1 saturated carbocycles. The van der Waals surface area contributed by atoms with Crippen LogP contribution in [0.5, 0.6) is 0 Å². The second kappa shape index (κ2) is 5.23. The van der Waals surface area contributed by atoms with Crippen LogP contribution in [0, 0.1) is 17.2 Å². The zero-order chi connectivity index (χ0) is 14.9. The third kappa shape index (κ3) is 3.15. The molecule has 0 radical (unpaired) electrons. The number of nitrogens with two attached hydrogens (primary N) is 1. The Kier molecular flexibility index (Phi) is 3.79. The number of nitrogens with zero attached hydrogens (tertiary/aromatic N) is 3. The molecule has 1 aromatic rings. The zero-order valence-corrected chi connectivity index (χ0v) is 11.0. The highest BCUT2D eigenvalue weighted by molar-refractivity contribution is 5.63. The van der Waals surface area contributed by atoms with E-state index in [1.807, 2.05) is 13.0 Å². The monoisotopic (exact) mass is 287 g/mol. The molecular formula is C12H16F3N5. The predicted molar refractivity (Wildman–Crippen MR) is 68.0 cm³/mol. The molecule has 0 amide bonds. The van der Waals surface area contributed by atoms with Crippen LogP contribution in [0.1, 0.15) is 37.8 Å². The van der Waals surface area contributed by atoms with Crippen molar-refractivity contribution in [3.05, 3.63) is 5.56 Å². The van der Waals surface area contributed by atoms with Gasteiger partial charge in [-0.2, -0.15) is 23.5 Å². The van der Waals surface area contributed by atoms with Gasteiger partial charge in [0.25, 0.3) is 0 Å². The number of nitriles is 1. The largest absolute Gasteiger partial charge is 0.390 e. The third-order valence-corrected chi connectivity index (χ3v) is 3.45. The second-order valence-electron chi connectivity index (χ2n) is 5.04. The first-order valence-electron chi connectivity index (χ1n) is 6.42. The van der Waals surface area contributed by atoms with Gasteiger partial charge in [0.2, 0.25) is 0 Å². The molecule has 5 nitrogen and oxygen atoms in total. The van der Waals surface area contributed by atoms with E-state index in [0.29, 0.717) is 5.92 Å². The summed E-state index contributed by atoms with van der Waals surface area (Å²) in [6, 6.07) is 1.95. The molecule has 0 bridgehead atoms. The summed E-state index contributed by atoms with van der Waals surface area (Å²) in [5, 5.41) is 15.8. The van der Waals surface area contributed by atoms with E-state index in [1.54, 1.807) is 0 Å². The van der Waals surface area contributed by atoms with E-state index >= 15 is 0 Å². The second-order valence-corrected chi connectivity index (χ2v) is 5.04. The van der Waals surface area contributed by atoms with Crippen molar-refractivity contribution in [1.82, 2.24) is 9.78 Å². The van der Waals surface area contributed by atoms with Crippen LogP contribution in [0.15, 0.2) is 0 Å². The SMILES string of the molecule is CC(C1CC1)n1nc(NCCC(F)(F)F)c(C#N)c1N. The Hall–Kier alpha value is -1.91. The maximum atomic E-state index is 12.1. The lowest BCUT2D eigenvalue weighted by Crippen LogP contribution is -2.15. The highest BCUT2D eigenvalue weighted by Crippen LogP contribution is 2.41. The lowest BCUT2D eigenvalue weighted by atomic mass is 10.2. The molecule has 1 fully saturated rings. The summed E-state index contributed by atoms with van der Waals surface area (Å²) in [7, 11) is 0. The van der Waals surface area contributed by atoms with E-state index < -0.39 is 12.6 Å². The van der Waals surface area contributed by atoms with Crippen molar-refractivity contribution in [2.75, 3.05) is 17.6 Å². The molecule has 2 rings (SSSR count). The molecule has 0 spiro atoms. The lowest BCUT2D eigenvalue weighted by Gasteiger charge is -2.12. The molecule has 3 N–H and O–H groups in total. The minimum absolute atomic E-state index is 0.0558. The number of nitrogens with one attached hydrogen (secondary N) is 1. The number of alkyl halides is 3. The van der Waals surface area contributed by atoms with Gasteiger partial charge >= 0.3 is 6.18 Å². The maximum absolute atomic E-state index is 12.1. The average molecular weight is 287 g/mol. The molecule has 8 heteroatoms. The van der Waals surface area contributed by atoms with Crippen LogP contribution in [0.2, 0.25) is 0 Å². The fourth-order valence-electron chi connectivity index (χ4n) is 2.09. The Bertz CT molecular complexity index is 524. The van der Waals surface area contributed by atoms with E-state index in [0.717, 1.165) is 12.8 Å². The topological polar surface area (TPSA) is 79.7 Å². The molecule has 1 heterocycles. The van der Waals surface area contributed by atoms with Gasteiger partial charge < -0.3 is 11.1 Å². The number of nitrogen functional groups attached to an aromatic ring is 1. The number of hydrogen-bond donors (Lipinski definition) is 2. The fraction of sp³-hybridized carbons (Fsp3) is 0.667. The fourth-order valence-corrected chi connectivity index (χ4v) is 2.09.